The van der Waals surface area contributed by atoms with Crippen molar-refractivity contribution in [3.63, 3.8) is 0 Å². The van der Waals surface area contributed by atoms with Gasteiger partial charge >= 0.3 is 6.09 Å². The normalized spacial score (nSPS) is 23.3. The van der Waals surface area contributed by atoms with Gasteiger partial charge in [0.25, 0.3) is 0 Å². The highest BCUT2D eigenvalue weighted by Gasteiger charge is 2.52. The zero-order valence-electron chi connectivity index (χ0n) is 19.4. The fourth-order valence-corrected chi connectivity index (χ4v) is 6.29. The predicted molar refractivity (Wildman–Crippen MR) is 141 cm³/mol. The minimum Gasteiger partial charge on any atom is -0.441 e. The summed E-state index contributed by atoms with van der Waals surface area (Å²) in [6.07, 6.45) is 12.3. The molecule has 0 bridgehead atoms. The summed E-state index contributed by atoms with van der Waals surface area (Å²) in [5.41, 5.74) is 2.29. The summed E-state index contributed by atoms with van der Waals surface area (Å²) in [4.78, 5) is 14.2. The van der Waals surface area contributed by atoms with Crippen molar-refractivity contribution in [3.8, 4) is 0 Å². The Kier molecular flexibility index (Phi) is 7.64. The number of ether oxygens (including phenoxy) is 2. The number of aliphatic hydroxyl groups excluding tert-OH is 1. The predicted octanol–water partition coefficient (Wildman–Crippen LogP) is 5.64. The Labute approximate surface area is 209 Å². The van der Waals surface area contributed by atoms with Crippen LogP contribution in [-0.2, 0) is 9.47 Å². The molecule has 3 atom stereocenters. The second kappa shape index (κ2) is 10.5. The lowest BCUT2D eigenvalue weighted by atomic mass is 9.89. The number of aliphatic hydroxyl groups is 1. The van der Waals surface area contributed by atoms with Crippen molar-refractivity contribution in [1.29, 1.82) is 0 Å². The highest BCUT2D eigenvalue weighted by atomic mass is 127. The van der Waals surface area contributed by atoms with Crippen molar-refractivity contribution >= 4 is 35.9 Å². The van der Waals surface area contributed by atoms with Crippen molar-refractivity contribution in [3.05, 3.63) is 87.8 Å². The van der Waals surface area contributed by atoms with E-state index in [9.17, 15) is 14.3 Å². The number of carbonyl (C=O) groups is 1. The van der Waals surface area contributed by atoms with Crippen molar-refractivity contribution < 1.29 is 23.8 Å². The largest absolute Gasteiger partial charge is 0.441 e. The Balaban J connectivity index is 1.42. The maximum atomic E-state index is 13.2. The van der Waals surface area contributed by atoms with Crippen LogP contribution in [0.5, 0.6) is 0 Å². The molecule has 3 aliphatic rings. The number of halogens is 2. The molecule has 1 aromatic carbocycles. The van der Waals surface area contributed by atoms with E-state index in [0.717, 1.165) is 20.2 Å². The van der Waals surface area contributed by atoms with Crippen molar-refractivity contribution in [2.75, 3.05) is 6.61 Å². The minimum atomic E-state index is -1.15. The molecule has 1 fully saturated rings. The highest BCUT2D eigenvalue weighted by Crippen LogP contribution is 2.37. The third kappa shape index (κ3) is 5.47. The van der Waals surface area contributed by atoms with Crippen LogP contribution in [-0.4, -0.2) is 50.2 Å². The van der Waals surface area contributed by atoms with Crippen LogP contribution < -0.4 is 0 Å². The number of hydrogen-bond acceptors (Lipinski definition) is 4. The van der Waals surface area contributed by atoms with Gasteiger partial charge < -0.3 is 14.6 Å². The lowest BCUT2D eigenvalue weighted by Crippen LogP contribution is -2.52. The second-order valence-electron chi connectivity index (χ2n) is 8.93. The number of hydrogen-bond donors (Lipinski definition) is 1. The Morgan fingerprint density at radius 2 is 2.00 bits per heavy atom. The molecule has 0 saturated carbocycles. The number of cyclic esters (lactones) is 1. The van der Waals surface area contributed by atoms with Crippen molar-refractivity contribution in [2.45, 2.75) is 51.2 Å². The summed E-state index contributed by atoms with van der Waals surface area (Å²) in [7, 11) is 0. The van der Waals surface area contributed by atoms with Crippen LogP contribution in [0.25, 0.3) is 5.57 Å². The first kappa shape index (κ1) is 24.8. The summed E-state index contributed by atoms with van der Waals surface area (Å²) in [6, 6.07) is 6.08. The second-order valence-corrected chi connectivity index (χ2v) is 11.6. The third-order valence-electron chi connectivity index (χ3n) is 5.99. The monoisotopic (exact) mass is 577 g/mol. The van der Waals surface area contributed by atoms with Gasteiger partial charge in [-0.2, -0.15) is 0 Å². The van der Waals surface area contributed by atoms with Crippen molar-refractivity contribution in [1.82, 2.24) is 4.90 Å². The summed E-state index contributed by atoms with van der Waals surface area (Å²) in [5, 5.41) is 11.1. The molecule has 2 heterocycles. The molecule has 1 saturated heterocycles. The van der Waals surface area contributed by atoms with Crippen LogP contribution in [0.1, 0.15) is 32.8 Å². The molecule has 34 heavy (non-hydrogen) atoms. The molecule has 2 aliphatic heterocycles. The molecule has 5 nitrogen and oxygen atoms in total. The molecule has 1 amide bonds. The standard InChI is InChI=1S/C27H29FINO4/c1-18(33-17-23-15-12-21(16-29-23)19-10-13-22(28)14-11-19)25(31)30-24(27(2,3)34-26(30)32)20-8-6-4-5-7-9-20/h4-8,10-16,18,24-25,31H,9,17H2,1-3H3/t18-,24-,25?/m0/s1. The van der Waals surface area contributed by atoms with Crippen LogP contribution in [0.2, 0.25) is 0 Å². The Hall–Kier alpha value is -2.36. The van der Waals surface area contributed by atoms with Crippen molar-refractivity contribution in [2.24, 2.45) is 0 Å². The quantitative estimate of drug-likeness (QED) is 0.426. The van der Waals surface area contributed by atoms with Crippen LogP contribution in [0, 0.1) is 5.82 Å². The maximum Gasteiger partial charge on any atom is 0.413 e. The summed E-state index contributed by atoms with van der Waals surface area (Å²) < 4.78 is 28.1. The minimum absolute atomic E-state index is 0.247. The van der Waals surface area contributed by atoms with E-state index in [4.69, 9.17) is 9.47 Å². The Morgan fingerprint density at radius 3 is 2.71 bits per heavy atom. The van der Waals surface area contributed by atoms with Gasteiger partial charge in [-0.05, 0) is 60.1 Å². The topological polar surface area (TPSA) is 59.0 Å². The van der Waals surface area contributed by atoms with Gasteiger partial charge in [0, 0.05) is 3.51 Å². The van der Waals surface area contributed by atoms with Gasteiger partial charge in [-0.3, -0.25) is 4.90 Å². The molecule has 4 rings (SSSR count). The number of benzene rings is 1. The molecule has 180 valence electrons. The Bertz CT molecular complexity index is 1110. The maximum absolute atomic E-state index is 13.2. The molecule has 7 heteroatoms. The van der Waals surface area contributed by atoms with E-state index in [1.54, 1.807) is 19.1 Å². The number of nitrogens with zero attached hydrogens (tertiary/aromatic N) is 1. The molecule has 0 aromatic heterocycles. The van der Waals surface area contributed by atoms with Gasteiger partial charge in [0.05, 0.1) is 18.8 Å². The molecule has 1 aromatic rings. The Morgan fingerprint density at radius 1 is 1.24 bits per heavy atom. The number of rotatable bonds is 7. The van der Waals surface area contributed by atoms with Crippen LogP contribution in [0.4, 0.5) is 9.18 Å². The number of amides is 1. The SMILES string of the molecule is C[C@H](OCC1=IC=C(c2ccc(F)cc2)C=C1)C(O)N1C(=O)OC(C)(C)[C@@H]1C1=CC=CC=CC1. The van der Waals surface area contributed by atoms with E-state index >= 15 is 0 Å². The zero-order chi connectivity index (χ0) is 24.3. The fraction of sp³-hybridized carbons (Fsp3) is 0.333. The summed E-state index contributed by atoms with van der Waals surface area (Å²) in [6.45, 7) is 5.88. The smallest absolute Gasteiger partial charge is 0.413 e. The van der Waals surface area contributed by atoms with E-state index in [1.807, 2.05) is 56.4 Å². The van der Waals surface area contributed by atoms with E-state index < -0.39 is 50.8 Å². The van der Waals surface area contributed by atoms with E-state index in [1.165, 1.54) is 17.0 Å². The molecule has 0 radical (unpaired) electrons. The number of carbonyl (C=O) groups excluding carboxylic acids is 1. The van der Waals surface area contributed by atoms with Gasteiger partial charge in [0.15, 0.2) is 6.23 Å². The highest BCUT2D eigenvalue weighted by molar-refractivity contribution is 14.2. The first-order valence-corrected chi connectivity index (χ1v) is 13.6. The first-order chi connectivity index (χ1) is 16.3. The average molecular weight is 577 g/mol. The van der Waals surface area contributed by atoms with Crippen LogP contribution in [0.3, 0.4) is 0 Å². The number of allylic oxidation sites excluding steroid dienone is 7. The van der Waals surface area contributed by atoms with Crippen LogP contribution in [0.15, 0.2) is 76.5 Å². The zero-order valence-corrected chi connectivity index (χ0v) is 21.6. The lowest BCUT2D eigenvalue weighted by Gasteiger charge is -2.35. The lowest BCUT2D eigenvalue weighted by molar-refractivity contribution is -0.0832. The van der Waals surface area contributed by atoms with E-state index in [2.05, 4.69) is 4.08 Å². The van der Waals surface area contributed by atoms with Gasteiger partial charge in [0.1, 0.15) is 11.4 Å². The van der Waals surface area contributed by atoms with Gasteiger partial charge in [-0.25, -0.2) is 9.18 Å². The average Bonchev–Trinajstić information content (AvgIpc) is 2.97. The molecular weight excluding hydrogens is 548 g/mol. The van der Waals surface area contributed by atoms with Crippen LogP contribution >= 0.6 is 20.7 Å². The first-order valence-electron chi connectivity index (χ1n) is 11.2. The summed E-state index contributed by atoms with van der Waals surface area (Å²) in [5.74, 6) is -0.247. The molecule has 1 aliphatic carbocycles. The van der Waals surface area contributed by atoms with Gasteiger partial charge in [-0.15, -0.1) is 0 Å². The molecule has 1 unspecified atom stereocenters. The summed E-state index contributed by atoms with van der Waals surface area (Å²) >= 11 is -0.398. The fourth-order valence-electron chi connectivity index (χ4n) is 4.24. The molecule has 0 spiro atoms. The third-order valence-corrected chi connectivity index (χ3v) is 8.45. The molecular formula is C27H29FINO4. The van der Waals surface area contributed by atoms with Gasteiger partial charge in [-0.1, -0.05) is 75.4 Å². The van der Waals surface area contributed by atoms with E-state index in [0.29, 0.717) is 13.0 Å². The molecule has 1 N–H and O–H groups in total. The van der Waals surface area contributed by atoms with E-state index in [-0.39, 0.29) is 5.82 Å². The van der Waals surface area contributed by atoms with Gasteiger partial charge in [0.2, 0.25) is 0 Å².